The lowest BCUT2D eigenvalue weighted by Gasteiger charge is -2.23. The predicted octanol–water partition coefficient (Wildman–Crippen LogP) is 3.03. The Morgan fingerprint density at radius 2 is 1.88 bits per heavy atom. The molecule has 5 heteroatoms. The molecule has 1 atom stereocenters. The fourth-order valence-corrected chi connectivity index (χ4v) is 4.15. The normalized spacial score (nSPS) is 21.9. The summed E-state index contributed by atoms with van der Waals surface area (Å²) in [6.07, 6.45) is 1.01. The molecule has 2 aliphatic rings. The van der Waals surface area contributed by atoms with E-state index in [0.29, 0.717) is 31.0 Å². The molecule has 0 radical (unpaired) electrons. The number of rotatable bonds is 2. The fourth-order valence-electron chi connectivity index (χ4n) is 4.02. The van der Waals surface area contributed by atoms with Crippen LogP contribution in [-0.4, -0.2) is 36.9 Å². The third-order valence-electron chi connectivity index (χ3n) is 5.39. The van der Waals surface area contributed by atoms with Crippen molar-refractivity contribution >= 4 is 29.1 Å². The van der Waals surface area contributed by atoms with Crippen molar-refractivity contribution < 1.29 is 9.59 Å². The van der Waals surface area contributed by atoms with Crippen LogP contribution >= 0.6 is 11.6 Å². The van der Waals surface area contributed by atoms with Crippen molar-refractivity contribution in [3.05, 3.63) is 64.7 Å². The lowest BCUT2D eigenvalue weighted by atomic mass is 9.81. The van der Waals surface area contributed by atoms with Gasteiger partial charge in [-0.2, -0.15) is 0 Å². The Labute approximate surface area is 152 Å². The van der Waals surface area contributed by atoms with E-state index in [1.165, 1.54) is 0 Å². The lowest BCUT2D eigenvalue weighted by molar-refractivity contribution is -0.130. The first-order valence-electron chi connectivity index (χ1n) is 8.41. The van der Waals surface area contributed by atoms with Crippen LogP contribution in [0.2, 0.25) is 5.02 Å². The summed E-state index contributed by atoms with van der Waals surface area (Å²) in [5, 5.41) is 0.660. The summed E-state index contributed by atoms with van der Waals surface area (Å²) < 4.78 is 0. The van der Waals surface area contributed by atoms with Crippen molar-refractivity contribution in [2.45, 2.75) is 18.3 Å². The maximum Gasteiger partial charge on any atom is 0.239 e. The maximum atomic E-state index is 12.9. The second-order valence-electron chi connectivity index (χ2n) is 6.83. The molecule has 0 unspecified atom stereocenters. The van der Waals surface area contributed by atoms with Crippen LogP contribution in [0.1, 0.15) is 17.5 Å². The number of carbonyl (C=O) groups is 2. The highest BCUT2D eigenvalue weighted by Gasteiger charge is 2.53. The number of carbonyl (C=O) groups excluding carboxylic acids is 2. The number of fused-ring (bicyclic) bond motifs is 2. The molecular formula is C20H19ClN2O2. The third-order valence-corrected chi connectivity index (χ3v) is 5.64. The monoisotopic (exact) mass is 354 g/mol. The van der Waals surface area contributed by atoms with Crippen LogP contribution in [0.25, 0.3) is 0 Å². The molecule has 0 aliphatic carbocycles. The van der Waals surface area contributed by atoms with Crippen molar-refractivity contribution in [1.82, 2.24) is 4.90 Å². The van der Waals surface area contributed by atoms with E-state index in [0.717, 1.165) is 16.8 Å². The van der Waals surface area contributed by atoms with E-state index in [1.54, 1.807) is 17.0 Å². The fraction of sp³-hybridized carbons (Fsp3) is 0.300. The van der Waals surface area contributed by atoms with E-state index in [9.17, 15) is 9.59 Å². The molecule has 0 N–H and O–H groups in total. The number of anilines is 1. The molecule has 2 amide bonds. The van der Waals surface area contributed by atoms with E-state index in [1.807, 2.05) is 48.3 Å². The number of benzene rings is 2. The molecule has 128 valence electrons. The van der Waals surface area contributed by atoms with Crippen molar-refractivity contribution in [2.75, 3.05) is 25.0 Å². The zero-order chi connectivity index (χ0) is 17.6. The molecule has 1 spiro atoms. The molecule has 2 aromatic rings. The van der Waals surface area contributed by atoms with E-state index >= 15 is 0 Å². The number of para-hydroxylation sites is 1. The number of hydrogen-bond acceptors (Lipinski definition) is 2. The van der Waals surface area contributed by atoms with E-state index in [2.05, 4.69) is 0 Å². The summed E-state index contributed by atoms with van der Waals surface area (Å²) >= 11 is 5.90. The lowest BCUT2D eigenvalue weighted by Crippen LogP contribution is -2.42. The van der Waals surface area contributed by atoms with Gasteiger partial charge in [0.25, 0.3) is 0 Å². The van der Waals surface area contributed by atoms with Gasteiger partial charge < -0.3 is 9.80 Å². The summed E-state index contributed by atoms with van der Waals surface area (Å²) in [5.41, 5.74) is 2.36. The summed E-state index contributed by atoms with van der Waals surface area (Å²) in [7, 11) is 1.81. The van der Waals surface area contributed by atoms with Gasteiger partial charge in [0.05, 0.1) is 11.8 Å². The average Bonchev–Trinajstić information content (AvgIpc) is 3.16. The zero-order valence-corrected chi connectivity index (χ0v) is 14.8. The minimum Gasteiger partial charge on any atom is -0.341 e. The quantitative estimate of drug-likeness (QED) is 0.831. The molecule has 2 aromatic carbocycles. The largest absolute Gasteiger partial charge is 0.341 e. The van der Waals surface area contributed by atoms with Gasteiger partial charge in [-0.05, 0) is 35.7 Å². The van der Waals surface area contributed by atoms with Crippen molar-refractivity contribution in [3.8, 4) is 0 Å². The summed E-state index contributed by atoms with van der Waals surface area (Å²) in [4.78, 5) is 29.2. The number of likely N-dealkylation sites (N-methyl/N-ethyl adjacent to an activating group) is 1. The SMILES string of the molecule is CN1C(=O)[C@@]2(CCN(C(=O)Cc3ccc(Cl)cc3)C2)c2ccccc21. The molecule has 1 fully saturated rings. The first-order valence-corrected chi connectivity index (χ1v) is 8.79. The maximum absolute atomic E-state index is 12.9. The van der Waals surface area contributed by atoms with E-state index in [-0.39, 0.29) is 11.8 Å². The number of hydrogen-bond donors (Lipinski definition) is 0. The zero-order valence-electron chi connectivity index (χ0n) is 14.0. The Kier molecular flexibility index (Phi) is 3.80. The molecule has 1 saturated heterocycles. The van der Waals surface area contributed by atoms with Crippen LogP contribution in [0.3, 0.4) is 0 Å². The Balaban J connectivity index is 1.56. The minimum absolute atomic E-state index is 0.0547. The van der Waals surface area contributed by atoms with Gasteiger partial charge in [0.2, 0.25) is 11.8 Å². The Bertz CT molecular complexity index is 849. The first kappa shape index (κ1) is 16.2. The minimum atomic E-state index is -0.582. The van der Waals surface area contributed by atoms with Gasteiger partial charge in [-0.1, -0.05) is 41.9 Å². The van der Waals surface area contributed by atoms with Crippen LogP contribution < -0.4 is 4.90 Å². The second-order valence-corrected chi connectivity index (χ2v) is 7.27. The van der Waals surface area contributed by atoms with Gasteiger partial charge in [-0.25, -0.2) is 0 Å². The molecule has 25 heavy (non-hydrogen) atoms. The molecule has 4 nitrogen and oxygen atoms in total. The van der Waals surface area contributed by atoms with Crippen molar-refractivity contribution in [2.24, 2.45) is 0 Å². The molecular weight excluding hydrogens is 336 g/mol. The molecule has 0 saturated carbocycles. The highest BCUT2D eigenvalue weighted by Crippen LogP contribution is 2.46. The van der Waals surface area contributed by atoms with Crippen molar-refractivity contribution in [1.29, 1.82) is 0 Å². The van der Waals surface area contributed by atoms with Crippen LogP contribution in [0.15, 0.2) is 48.5 Å². The number of halogens is 1. The van der Waals surface area contributed by atoms with Crippen LogP contribution in [0.5, 0.6) is 0 Å². The van der Waals surface area contributed by atoms with Gasteiger partial charge in [0, 0.05) is 30.8 Å². The van der Waals surface area contributed by atoms with Gasteiger partial charge in [-0.3, -0.25) is 9.59 Å². The summed E-state index contributed by atoms with van der Waals surface area (Å²) in [5.74, 6) is 0.148. The summed E-state index contributed by atoms with van der Waals surface area (Å²) in [6, 6.07) is 15.2. The molecule has 4 rings (SSSR count). The van der Waals surface area contributed by atoms with E-state index in [4.69, 9.17) is 11.6 Å². The molecule has 0 bridgehead atoms. The van der Waals surface area contributed by atoms with Crippen molar-refractivity contribution in [3.63, 3.8) is 0 Å². The Morgan fingerprint density at radius 1 is 1.16 bits per heavy atom. The highest BCUT2D eigenvalue weighted by atomic mass is 35.5. The van der Waals surface area contributed by atoms with Gasteiger partial charge in [0.1, 0.15) is 0 Å². The highest BCUT2D eigenvalue weighted by molar-refractivity contribution is 6.30. The number of likely N-dealkylation sites (tertiary alicyclic amines) is 1. The average molecular weight is 355 g/mol. The smallest absolute Gasteiger partial charge is 0.239 e. The number of amides is 2. The van der Waals surface area contributed by atoms with Crippen LogP contribution in [0, 0.1) is 0 Å². The Morgan fingerprint density at radius 3 is 2.64 bits per heavy atom. The molecule has 2 aliphatic heterocycles. The predicted molar refractivity (Wildman–Crippen MR) is 97.9 cm³/mol. The summed E-state index contributed by atoms with van der Waals surface area (Å²) in [6.45, 7) is 1.07. The third kappa shape index (κ3) is 2.52. The first-order chi connectivity index (χ1) is 12.0. The van der Waals surface area contributed by atoms with Gasteiger partial charge >= 0.3 is 0 Å². The van der Waals surface area contributed by atoms with Crippen LogP contribution in [-0.2, 0) is 21.4 Å². The van der Waals surface area contributed by atoms with E-state index < -0.39 is 5.41 Å². The molecule has 2 heterocycles. The van der Waals surface area contributed by atoms with Gasteiger partial charge in [0.15, 0.2) is 0 Å². The van der Waals surface area contributed by atoms with Gasteiger partial charge in [-0.15, -0.1) is 0 Å². The second kappa shape index (κ2) is 5.88. The Hall–Kier alpha value is -2.33. The topological polar surface area (TPSA) is 40.6 Å². The van der Waals surface area contributed by atoms with Crippen LogP contribution in [0.4, 0.5) is 5.69 Å². The number of nitrogens with zero attached hydrogens (tertiary/aromatic N) is 2. The standard InChI is InChI=1S/C20H19ClN2O2/c1-22-17-5-3-2-4-16(17)20(19(22)25)10-11-23(13-20)18(24)12-14-6-8-15(21)9-7-14/h2-9H,10-13H2,1H3/t20-/m1/s1. The molecule has 0 aromatic heterocycles.